The number of aromatic amines is 1. The molecule has 172 valence electrons. The Morgan fingerprint density at radius 3 is 2.76 bits per heavy atom. The number of aromatic nitrogens is 1. The van der Waals surface area contributed by atoms with Crippen molar-refractivity contribution >= 4 is 28.1 Å². The number of carbonyl (C=O) groups is 1. The highest BCUT2D eigenvalue weighted by Gasteiger charge is 2.12. The molecule has 0 radical (unpaired) electrons. The van der Waals surface area contributed by atoms with Gasteiger partial charge in [-0.2, -0.15) is 0 Å². The predicted molar refractivity (Wildman–Crippen MR) is 136 cm³/mol. The van der Waals surface area contributed by atoms with Crippen molar-refractivity contribution in [1.82, 2.24) is 15.2 Å². The van der Waals surface area contributed by atoms with Crippen LogP contribution in [0.5, 0.6) is 5.75 Å². The molecular weight excluding hydrogens is 430 g/mol. The van der Waals surface area contributed by atoms with Crippen LogP contribution in [-0.4, -0.2) is 35.5 Å². The quantitative estimate of drug-likeness (QED) is 0.337. The van der Waals surface area contributed by atoms with Crippen molar-refractivity contribution in [3.8, 4) is 5.75 Å². The van der Waals surface area contributed by atoms with Gasteiger partial charge in [0.15, 0.2) is 0 Å². The van der Waals surface area contributed by atoms with Gasteiger partial charge in [-0.1, -0.05) is 18.2 Å². The molecule has 4 aromatic rings. The fourth-order valence-electron chi connectivity index (χ4n) is 3.97. The fourth-order valence-corrected chi connectivity index (χ4v) is 4.75. The normalized spacial score (nSPS) is 12.3. The van der Waals surface area contributed by atoms with Gasteiger partial charge in [0.05, 0.1) is 6.54 Å². The molecule has 2 aromatic heterocycles. The third kappa shape index (κ3) is 5.83. The monoisotopic (exact) mass is 461 g/mol. The van der Waals surface area contributed by atoms with Crippen LogP contribution in [0.15, 0.2) is 60.0 Å². The Bertz CT molecular complexity index is 1230. The highest BCUT2D eigenvalue weighted by atomic mass is 32.1. The molecule has 6 heteroatoms. The molecule has 0 aliphatic rings. The van der Waals surface area contributed by atoms with Gasteiger partial charge in [0.2, 0.25) is 0 Å². The van der Waals surface area contributed by atoms with Crippen LogP contribution in [0, 0.1) is 13.8 Å². The molecule has 1 amide bonds. The van der Waals surface area contributed by atoms with Crippen LogP contribution < -0.4 is 10.1 Å². The molecule has 2 aromatic carbocycles. The lowest BCUT2D eigenvalue weighted by atomic mass is 10.1. The standard InChI is InChI=1S/C27H31N3O2S/c1-18(15-28-27(31)22-10-11-26-25(14-22)19(2)20(3)29-26)32-23-8-5-7-21(13-23)16-30(4)17-24-9-6-12-33-24/h5-14,18,29H,15-17H2,1-4H3,(H,28,31). The predicted octanol–water partition coefficient (Wildman–Crippen LogP) is 5.68. The van der Waals surface area contributed by atoms with Crippen LogP contribution in [0.3, 0.4) is 0 Å². The molecule has 1 unspecified atom stereocenters. The van der Waals surface area contributed by atoms with E-state index in [9.17, 15) is 4.79 Å². The lowest BCUT2D eigenvalue weighted by molar-refractivity contribution is 0.0932. The topological polar surface area (TPSA) is 57.4 Å². The van der Waals surface area contributed by atoms with Crippen molar-refractivity contribution in [3.05, 3.63) is 87.2 Å². The van der Waals surface area contributed by atoms with Crippen molar-refractivity contribution in [1.29, 1.82) is 0 Å². The van der Waals surface area contributed by atoms with Gasteiger partial charge in [0, 0.05) is 40.1 Å². The molecule has 2 heterocycles. The molecule has 0 spiro atoms. The number of rotatable bonds is 9. The Balaban J connectivity index is 1.30. The molecule has 33 heavy (non-hydrogen) atoms. The first-order valence-corrected chi connectivity index (χ1v) is 12.1. The number of carbonyl (C=O) groups excluding carboxylic acids is 1. The zero-order valence-corrected chi connectivity index (χ0v) is 20.5. The molecule has 0 saturated heterocycles. The molecule has 2 N–H and O–H groups in total. The second kappa shape index (κ2) is 10.2. The first kappa shape index (κ1) is 23.1. The number of aryl methyl sites for hydroxylation is 2. The van der Waals surface area contributed by atoms with Gasteiger partial charge < -0.3 is 15.0 Å². The van der Waals surface area contributed by atoms with Gasteiger partial charge in [-0.05, 0) is 80.7 Å². The summed E-state index contributed by atoms with van der Waals surface area (Å²) in [6.07, 6.45) is -0.145. The number of fused-ring (bicyclic) bond motifs is 1. The van der Waals surface area contributed by atoms with Gasteiger partial charge in [-0.3, -0.25) is 9.69 Å². The van der Waals surface area contributed by atoms with E-state index in [1.807, 2.05) is 44.2 Å². The maximum absolute atomic E-state index is 12.7. The van der Waals surface area contributed by atoms with Crippen LogP contribution in [0.2, 0.25) is 0 Å². The summed E-state index contributed by atoms with van der Waals surface area (Å²) in [7, 11) is 2.12. The number of H-pyrrole nitrogens is 1. The van der Waals surface area contributed by atoms with Crippen LogP contribution >= 0.6 is 11.3 Å². The van der Waals surface area contributed by atoms with E-state index >= 15 is 0 Å². The summed E-state index contributed by atoms with van der Waals surface area (Å²) < 4.78 is 6.09. The van der Waals surface area contributed by atoms with Crippen LogP contribution in [-0.2, 0) is 13.1 Å². The molecule has 4 rings (SSSR count). The van der Waals surface area contributed by atoms with Crippen molar-refractivity contribution in [2.75, 3.05) is 13.6 Å². The van der Waals surface area contributed by atoms with E-state index in [-0.39, 0.29) is 12.0 Å². The zero-order valence-electron chi connectivity index (χ0n) is 19.6. The zero-order chi connectivity index (χ0) is 23.4. The second-order valence-corrected chi connectivity index (χ2v) is 9.71. The largest absolute Gasteiger partial charge is 0.489 e. The minimum atomic E-state index is -0.145. The van der Waals surface area contributed by atoms with E-state index < -0.39 is 0 Å². The Kier molecular flexibility index (Phi) is 7.16. The van der Waals surface area contributed by atoms with Crippen LogP contribution in [0.4, 0.5) is 0 Å². The second-order valence-electron chi connectivity index (χ2n) is 8.67. The van der Waals surface area contributed by atoms with Gasteiger partial charge in [-0.25, -0.2) is 0 Å². The lowest BCUT2D eigenvalue weighted by Gasteiger charge is -2.18. The maximum atomic E-state index is 12.7. The van der Waals surface area contributed by atoms with E-state index in [0.29, 0.717) is 12.1 Å². The van der Waals surface area contributed by atoms with Crippen LogP contribution in [0.1, 0.15) is 39.0 Å². The van der Waals surface area contributed by atoms with E-state index in [1.54, 1.807) is 11.3 Å². The smallest absolute Gasteiger partial charge is 0.251 e. The Morgan fingerprint density at radius 2 is 1.97 bits per heavy atom. The summed E-state index contributed by atoms with van der Waals surface area (Å²) in [4.78, 5) is 19.7. The van der Waals surface area contributed by atoms with E-state index in [4.69, 9.17) is 4.74 Å². The Hall–Kier alpha value is -3.09. The van der Waals surface area contributed by atoms with Crippen molar-refractivity contribution in [2.45, 2.75) is 40.0 Å². The first-order chi connectivity index (χ1) is 15.9. The maximum Gasteiger partial charge on any atom is 0.251 e. The molecule has 0 fully saturated rings. The molecule has 0 bridgehead atoms. The molecule has 0 saturated carbocycles. The SMILES string of the molecule is Cc1[nH]c2ccc(C(=O)NCC(C)Oc3cccc(CN(C)Cc4cccs4)c3)cc2c1C. The van der Waals surface area contributed by atoms with Crippen LogP contribution in [0.25, 0.3) is 10.9 Å². The number of thiophene rings is 1. The highest BCUT2D eigenvalue weighted by molar-refractivity contribution is 7.09. The lowest BCUT2D eigenvalue weighted by Crippen LogP contribution is -2.33. The minimum absolute atomic E-state index is 0.0884. The number of nitrogens with one attached hydrogen (secondary N) is 2. The van der Waals surface area contributed by atoms with E-state index in [0.717, 1.165) is 35.4 Å². The van der Waals surface area contributed by atoms with Gasteiger partial charge in [0.25, 0.3) is 5.91 Å². The van der Waals surface area contributed by atoms with Crippen molar-refractivity contribution < 1.29 is 9.53 Å². The summed E-state index contributed by atoms with van der Waals surface area (Å²) in [6, 6.07) is 18.2. The fraction of sp³-hybridized carbons (Fsp3) is 0.296. The van der Waals surface area contributed by atoms with Crippen molar-refractivity contribution in [2.24, 2.45) is 0 Å². The Morgan fingerprint density at radius 1 is 1.12 bits per heavy atom. The molecule has 1 atom stereocenters. The number of nitrogens with zero attached hydrogens (tertiary/aromatic N) is 1. The number of hydrogen-bond acceptors (Lipinski definition) is 4. The third-order valence-corrected chi connectivity index (χ3v) is 6.68. The van der Waals surface area contributed by atoms with Gasteiger partial charge in [-0.15, -0.1) is 11.3 Å². The Labute approximate surface area is 199 Å². The summed E-state index contributed by atoms with van der Waals surface area (Å²) in [5.74, 6) is 0.730. The van der Waals surface area contributed by atoms with Gasteiger partial charge >= 0.3 is 0 Å². The average molecular weight is 462 g/mol. The summed E-state index contributed by atoms with van der Waals surface area (Å²) in [5.41, 5.74) is 5.22. The minimum Gasteiger partial charge on any atom is -0.489 e. The number of benzene rings is 2. The van der Waals surface area contributed by atoms with Gasteiger partial charge in [0.1, 0.15) is 11.9 Å². The summed E-state index contributed by atoms with van der Waals surface area (Å²) in [6.45, 7) is 8.30. The first-order valence-electron chi connectivity index (χ1n) is 11.2. The van der Waals surface area contributed by atoms with E-state index in [1.165, 1.54) is 16.0 Å². The molecule has 0 aliphatic carbocycles. The number of hydrogen-bond donors (Lipinski definition) is 2. The average Bonchev–Trinajstić information content (AvgIpc) is 3.39. The summed E-state index contributed by atoms with van der Waals surface area (Å²) in [5, 5.41) is 6.20. The number of amides is 1. The van der Waals surface area contributed by atoms with E-state index in [2.05, 4.69) is 58.8 Å². The molecule has 0 aliphatic heterocycles. The van der Waals surface area contributed by atoms with Crippen molar-refractivity contribution in [3.63, 3.8) is 0 Å². The number of ether oxygens (including phenoxy) is 1. The molecule has 5 nitrogen and oxygen atoms in total. The third-order valence-electron chi connectivity index (χ3n) is 5.81. The molecular formula is C27H31N3O2S. The summed E-state index contributed by atoms with van der Waals surface area (Å²) >= 11 is 1.78. The highest BCUT2D eigenvalue weighted by Crippen LogP contribution is 2.22.